The topological polar surface area (TPSA) is 44.5 Å². The van der Waals surface area contributed by atoms with Crippen LogP contribution < -0.4 is 11.2 Å². The molecule has 1 saturated heterocycles. The number of nitrogen functional groups attached to an aromatic ring is 1. The molecule has 16 heavy (non-hydrogen) atoms. The monoisotopic (exact) mass is 224 g/mol. The van der Waals surface area contributed by atoms with Crippen molar-refractivity contribution in [2.45, 2.75) is 0 Å². The summed E-state index contributed by atoms with van der Waals surface area (Å²) >= 11 is 0. The largest absolute Gasteiger partial charge is 0.395 e. The van der Waals surface area contributed by atoms with E-state index in [1.54, 1.807) is 12.1 Å². The van der Waals surface area contributed by atoms with Gasteiger partial charge >= 0.3 is 0 Å². The first kappa shape index (κ1) is 11.2. The first-order valence-electron chi connectivity index (χ1n) is 5.41. The van der Waals surface area contributed by atoms with Crippen molar-refractivity contribution in [3.05, 3.63) is 24.0 Å². The first-order valence-corrected chi connectivity index (χ1v) is 5.41. The van der Waals surface area contributed by atoms with Crippen LogP contribution in [0, 0.1) is 5.82 Å². The third-order valence-electron chi connectivity index (χ3n) is 2.83. The molecule has 4 nitrogen and oxygen atoms in total. The smallest absolute Gasteiger partial charge is 0.148 e. The summed E-state index contributed by atoms with van der Waals surface area (Å²) in [6.07, 6.45) is 0. The summed E-state index contributed by atoms with van der Waals surface area (Å²) < 4.78 is 13.2. The van der Waals surface area contributed by atoms with Gasteiger partial charge in [0.1, 0.15) is 5.82 Å². The van der Waals surface area contributed by atoms with Gasteiger partial charge in [0.05, 0.1) is 11.4 Å². The van der Waals surface area contributed by atoms with E-state index in [0.29, 0.717) is 5.69 Å². The van der Waals surface area contributed by atoms with Gasteiger partial charge in [-0.15, -0.1) is 0 Å². The molecule has 1 fully saturated rings. The second kappa shape index (κ2) is 4.67. The minimum Gasteiger partial charge on any atom is -0.395 e. The maximum absolute atomic E-state index is 13.2. The Hall–Kier alpha value is -1.33. The molecule has 88 valence electrons. The van der Waals surface area contributed by atoms with Gasteiger partial charge in [-0.3, -0.25) is 0 Å². The van der Waals surface area contributed by atoms with Gasteiger partial charge in [-0.2, -0.15) is 0 Å². The van der Waals surface area contributed by atoms with E-state index < -0.39 is 0 Å². The van der Waals surface area contributed by atoms with Gasteiger partial charge in [0.15, 0.2) is 0 Å². The highest BCUT2D eigenvalue weighted by molar-refractivity contribution is 5.65. The van der Waals surface area contributed by atoms with E-state index in [2.05, 4.69) is 22.4 Å². The Morgan fingerprint density at radius 1 is 1.25 bits per heavy atom. The molecule has 0 bridgehead atoms. The number of rotatable bonds is 2. The van der Waals surface area contributed by atoms with Crippen molar-refractivity contribution in [1.29, 1.82) is 0 Å². The van der Waals surface area contributed by atoms with Crippen molar-refractivity contribution < 1.29 is 4.39 Å². The number of para-hydroxylation sites is 1. The van der Waals surface area contributed by atoms with Crippen LogP contribution in [-0.2, 0) is 0 Å². The molecule has 0 unspecified atom stereocenters. The van der Waals surface area contributed by atoms with Crippen LogP contribution in [0.1, 0.15) is 0 Å². The summed E-state index contributed by atoms with van der Waals surface area (Å²) in [4.78, 5) is 2.26. The molecule has 3 N–H and O–H groups in total. The van der Waals surface area contributed by atoms with Gasteiger partial charge in [-0.25, -0.2) is 9.40 Å². The highest BCUT2D eigenvalue weighted by Gasteiger charge is 2.14. The fraction of sp³-hybridized carbons (Fsp3) is 0.455. The first-order chi connectivity index (χ1) is 7.66. The number of hydrazine groups is 1. The summed E-state index contributed by atoms with van der Waals surface area (Å²) in [7, 11) is 2.09. The average Bonchev–Trinajstić information content (AvgIpc) is 2.28. The Bertz CT molecular complexity index is 361. The van der Waals surface area contributed by atoms with Gasteiger partial charge < -0.3 is 16.1 Å². The lowest BCUT2D eigenvalue weighted by molar-refractivity contribution is 0.179. The third kappa shape index (κ3) is 2.43. The molecular weight excluding hydrogens is 207 g/mol. The SMILES string of the molecule is CN1CCN(Nc2cccc(F)c2N)CC1. The molecule has 2 rings (SSSR count). The molecule has 1 aromatic carbocycles. The number of nitrogens with one attached hydrogen (secondary N) is 1. The van der Waals surface area contributed by atoms with Crippen molar-refractivity contribution in [1.82, 2.24) is 9.91 Å². The second-order valence-electron chi connectivity index (χ2n) is 4.10. The summed E-state index contributed by atoms with van der Waals surface area (Å²) in [5, 5.41) is 2.06. The van der Waals surface area contributed by atoms with Gasteiger partial charge in [0.2, 0.25) is 0 Å². The van der Waals surface area contributed by atoms with E-state index in [4.69, 9.17) is 5.73 Å². The highest BCUT2D eigenvalue weighted by Crippen LogP contribution is 2.21. The number of halogens is 1. The quantitative estimate of drug-likeness (QED) is 0.735. The lowest BCUT2D eigenvalue weighted by atomic mass is 10.2. The number of hydrogen-bond donors (Lipinski definition) is 2. The van der Waals surface area contributed by atoms with Crippen molar-refractivity contribution in [2.75, 3.05) is 44.4 Å². The zero-order chi connectivity index (χ0) is 11.5. The van der Waals surface area contributed by atoms with Gasteiger partial charge in [0.25, 0.3) is 0 Å². The molecule has 0 aromatic heterocycles. The van der Waals surface area contributed by atoms with Crippen molar-refractivity contribution in [2.24, 2.45) is 0 Å². The van der Waals surface area contributed by atoms with Crippen LogP contribution in [0.3, 0.4) is 0 Å². The molecule has 1 aliphatic rings. The number of likely N-dealkylation sites (N-methyl/N-ethyl adjacent to an activating group) is 1. The molecule has 1 heterocycles. The van der Waals surface area contributed by atoms with E-state index in [1.807, 2.05) is 0 Å². The van der Waals surface area contributed by atoms with Crippen LogP contribution in [0.15, 0.2) is 18.2 Å². The number of piperazine rings is 1. The lowest BCUT2D eigenvalue weighted by Gasteiger charge is -2.33. The fourth-order valence-electron chi connectivity index (χ4n) is 1.72. The summed E-state index contributed by atoms with van der Waals surface area (Å²) in [6.45, 7) is 3.82. The lowest BCUT2D eigenvalue weighted by Crippen LogP contribution is -2.47. The van der Waals surface area contributed by atoms with Gasteiger partial charge in [0, 0.05) is 26.2 Å². The number of nitrogens with zero attached hydrogens (tertiary/aromatic N) is 2. The Labute approximate surface area is 94.8 Å². The molecule has 1 aromatic rings. The van der Waals surface area contributed by atoms with E-state index in [0.717, 1.165) is 26.2 Å². The molecule has 0 aliphatic carbocycles. The number of hydrogen-bond acceptors (Lipinski definition) is 4. The maximum atomic E-state index is 13.2. The number of anilines is 2. The van der Waals surface area contributed by atoms with Crippen molar-refractivity contribution in [3.8, 4) is 0 Å². The Kier molecular flexibility index (Phi) is 3.26. The van der Waals surface area contributed by atoms with E-state index in [1.165, 1.54) is 6.07 Å². The maximum Gasteiger partial charge on any atom is 0.148 e. The minimum absolute atomic E-state index is 0.182. The van der Waals surface area contributed by atoms with Crippen LogP contribution in [0.2, 0.25) is 0 Å². The van der Waals surface area contributed by atoms with Crippen molar-refractivity contribution >= 4 is 11.4 Å². The molecule has 0 atom stereocenters. The molecule has 5 heteroatoms. The Morgan fingerprint density at radius 3 is 2.62 bits per heavy atom. The summed E-state index contributed by atoms with van der Waals surface area (Å²) in [5.41, 5.74) is 9.63. The Morgan fingerprint density at radius 2 is 1.94 bits per heavy atom. The molecule has 1 aliphatic heterocycles. The normalized spacial score (nSPS) is 18.6. The van der Waals surface area contributed by atoms with Crippen LogP contribution in [0.5, 0.6) is 0 Å². The second-order valence-corrected chi connectivity index (χ2v) is 4.10. The summed E-state index contributed by atoms with van der Waals surface area (Å²) in [5.74, 6) is -0.376. The number of benzene rings is 1. The van der Waals surface area contributed by atoms with Crippen LogP contribution in [-0.4, -0.2) is 43.1 Å². The summed E-state index contributed by atoms with van der Waals surface area (Å²) in [6, 6.07) is 4.81. The highest BCUT2D eigenvalue weighted by atomic mass is 19.1. The third-order valence-corrected chi connectivity index (χ3v) is 2.83. The molecule has 0 saturated carbocycles. The standard InChI is InChI=1S/C11H17FN4/c1-15-5-7-16(8-6-15)14-10-4-2-3-9(12)11(10)13/h2-4,14H,5-8,13H2,1H3. The van der Waals surface area contributed by atoms with E-state index in [9.17, 15) is 4.39 Å². The molecule has 0 amide bonds. The molecule has 0 spiro atoms. The predicted molar refractivity (Wildman–Crippen MR) is 63.5 cm³/mol. The van der Waals surface area contributed by atoms with E-state index >= 15 is 0 Å². The zero-order valence-electron chi connectivity index (χ0n) is 9.41. The van der Waals surface area contributed by atoms with Gasteiger partial charge in [-0.05, 0) is 19.2 Å². The van der Waals surface area contributed by atoms with Gasteiger partial charge in [-0.1, -0.05) is 6.07 Å². The fourth-order valence-corrected chi connectivity index (χ4v) is 1.72. The minimum atomic E-state index is -0.376. The molecular formula is C11H17FN4. The predicted octanol–water partition coefficient (Wildman–Crippen LogP) is 0.982. The zero-order valence-corrected chi connectivity index (χ0v) is 9.41. The van der Waals surface area contributed by atoms with Crippen LogP contribution in [0.25, 0.3) is 0 Å². The Balaban J connectivity index is 2.01. The average molecular weight is 224 g/mol. The van der Waals surface area contributed by atoms with Crippen LogP contribution >= 0.6 is 0 Å². The molecule has 0 radical (unpaired) electrons. The van der Waals surface area contributed by atoms with E-state index in [-0.39, 0.29) is 11.5 Å². The van der Waals surface area contributed by atoms with Crippen LogP contribution in [0.4, 0.5) is 15.8 Å². The van der Waals surface area contributed by atoms with Crippen molar-refractivity contribution in [3.63, 3.8) is 0 Å². The number of nitrogens with two attached hydrogens (primary N) is 1.